The first-order chi connectivity index (χ1) is 10.0. The quantitative estimate of drug-likeness (QED) is 0.916. The Kier molecular flexibility index (Phi) is 5.77. The minimum absolute atomic E-state index is 0.119. The summed E-state index contributed by atoms with van der Waals surface area (Å²) in [5.41, 5.74) is -0.363. The van der Waals surface area contributed by atoms with Gasteiger partial charge in [-0.3, -0.25) is 4.79 Å². The molecule has 0 aliphatic carbocycles. The van der Waals surface area contributed by atoms with E-state index in [1.807, 2.05) is 0 Å². The lowest BCUT2D eigenvalue weighted by Gasteiger charge is -2.26. The van der Waals surface area contributed by atoms with E-state index in [-0.39, 0.29) is 11.6 Å². The van der Waals surface area contributed by atoms with Crippen molar-refractivity contribution in [3.8, 4) is 0 Å². The van der Waals surface area contributed by atoms with Crippen LogP contribution in [0.5, 0.6) is 0 Å². The van der Waals surface area contributed by atoms with Gasteiger partial charge in [0.05, 0.1) is 10.9 Å². The van der Waals surface area contributed by atoms with Gasteiger partial charge in [-0.2, -0.15) is 0 Å². The van der Waals surface area contributed by atoms with Crippen LogP contribution in [0.3, 0.4) is 0 Å². The van der Waals surface area contributed by atoms with Crippen LogP contribution in [0.15, 0.2) is 18.2 Å². The van der Waals surface area contributed by atoms with Gasteiger partial charge in [-0.25, -0.2) is 9.18 Å². The van der Waals surface area contributed by atoms with Gasteiger partial charge in [-0.15, -0.1) is 0 Å². The highest BCUT2D eigenvalue weighted by Gasteiger charge is 2.27. The maximum Gasteiger partial charge on any atom is 0.410 e. The van der Waals surface area contributed by atoms with Crippen LogP contribution in [-0.4, -0.2) is 41.3 Å². The predicted octanol–water partition coefficient (Wildman–Crippen LogP) is 3.51. The number of amides is 1. The van der Waals surface area contributed by atoms with E-state index in [0.717, 1.165) is 6.07 Å². The molecule has 0 saturated carbocycles. The number of nitrogens with zero attached hydrogens (tertiary/aromatic N) is 1. The van der Waals surface area contributed by atoms with Crippen molar-refractivity contribution in [2.75, 3.05) is 13.6 Å². The van der Waals surface area contributed by atoms with Gasteiger partial charge in [0.2, 0.25) is 0 Å². The highest BCUT2D eigenvalue weighted by atomic mass is 35.5. The molecule has 0 spiro atoms. The maximum absolute atomic E-state index is 13.2. The van der Waals surface area contributed by atoms with Gasteiger partial charge in [-0.1, -0.05) is 17.7 Å². The Hall–Kier alpha value is -1.82. The van der Waals surface area contributed by atoms with Gasteiger partial charge in [-0.05, 0) is 38.5 Å². The fourth-order valence-corrected chi connectivity index (χ4v) is 1.93. The third-order valence-electron chi connectivity index (χ3n) is 2.81. The van der Waals surface area contributed by atoms with Gasteiger partial charge in [0.15, 0.2) is 0 Å². The lowest BCUT2D eigenvalue weighted by atomic mass is 9.99. The zero-order valence-electron chi connectivity index (χ0n) is 12.9. The van der Waals surface area contributed by atoms with Crippen molar-refractivity contribution < 1.29 is 23.8 Å². The fraction of sp³-hybridized carbons (Fsp3) is 0.467. The minimum atomic E-state index is -1.14. The van der Waals surface area contributed by atoms with Crippen molar-refractivity contribution in [2.45, 2.75) is 32.3 Å². The van der Waals surface area contributed by atoms with Crippen molar-refractivity contribution in [3.05, 3.63) is 34.6 Å². The average molecular weight is 332 g/mol. The molecule has 0 aliphatic heterocycles. The molecule has 1 N–H and O–H groups in total. The van der Waals surface area contributed by atoms with E-state index in [1.165, 1.54) is 24.1 Å². The highest BCUT2D eigenvalue weighted by Crippen LogP contribution is 2.24. The van der Waals surface area contributed by atoms with Crippen LogP contribution in [0, 0.1) is 5.82 Å². The summed E-state index contributed by atoms with van der Waals surface area (Å²) in [6.07, 6.45) is -0.632. The second kappa shape index (κ2) is 6.96. The summed E-state index contributed by atoms with van der Waals surface area (Å²) >= 11 is 5.68. The molecular formula is C15H19ClFNO4. The first kappa shape index (κ1) is 18.2. The molecule has 0 bridgehead atoms. The number of hydrogen-bond acceptors (Lipinski definition) is 3. The SMILES string of the molecule is CN(CC(C(=O)O)c1ccc(F)c(Cl)c1)C(=O)OC(C)(C)C. The Morgan fingerprint density at radius 2 is 2.00 bits per heavy atom. The molecule has 1 aromatic rings. The molecule has 1 rings (SSSR count). The first-order valence-corrected chi connectivity index (χ1v) is 7.01. The fourth-order valence-electron chi connectivity index (χ4n) is 1.74. The van der Waals surface area contributed by atoms with Crippen LogP contribution in [0.2, 0.25) is 5.02 Å². The van der Waals surface area contributed by atoms with Crippen LogP contribution in [0.1, 0.15) is 32.3 Å². The van der Waals surface area contributed by atoms with E-state index < -0.39 is 29.4 Å². The second-order valence-electron chi connectivity index (χ2n) is 5.93. The van der Waals surface area contributed by atoms with Crippen LogP contribution in [0.25, 0.3) is 0 Å². The molecule has 22 heavy (non-hydrogen) atoms. The Balaban J connectivity index is 2.91. The molecule has 1 aromatic carbocycles. The monoisotopic (exact) mass is 331 g/mol. The van der Waals surface area contributed by atoms with Crippen molar-refractivity contribution >= 4 is 23.7 Å². The van der Waals surface area contributed by atoms with Gasteiger partial charge in [0.25, 0.3) is 0 Å². The highest BCUT2D eigenvalue weighted by molar-refractivity contribution is 6.30. The Bertz CT molecular complexity index is 571. The summed E-state index contributed by atoms with van der Waals surface area (Å²) in [5.74, 6) is -2.80. The molecule has 122 valence electrons. The first-order valence-electron chi connectivity index (χ1n) is 6.63. The standard InChI is InChI=1S/C15H19ClFNO4/c1-15(2,3)22-14(21)18(4)8-10(13(19)20)9-5-6-12(17)11(16)7-9/h5-7,10H,8H2,1-4H3,(H,19,20). The molecule has 0 aromatic heterocycles. The number of halogens is 2. The second-order valence-corrected chi connectivity index (χ2v) is 6.33. The Labute approximate surface area is 133 Å². The zero-order valence-corrected chi connectivity index (χ0v) is 13.6. The van der Waals surface area contributed by atoms with Crippen molar-refractivity contribution in [1.29, 1.82) is 0 Å². The minimum Gasteiger partial charge on any atom is -0.481 e. The molecule has 1 unspecified atom stereocenters. The lowest BCUT2D eigenvalue weighted by Crippen LogP contribution is -2.38. The van der Waals surface area contributed by atoms with Gasteiger partial charge >= 0.3 is 12.1 Å². The third kappa shape index (κ3) is 5.18. The van der Waals surface area contributed by atoms with Crippen LogP contribution in [0.4, 0.5) is 9.18 Å². The molecule has 0 fully saturated rings. The zero-order chi connectivity index (χ0) is 17.1. The molecule has 5 nitrogen and oxygen atoms in total. The number of hydrogen-bond donors (Lipinski definition) is 1. The number of ether oxygens (including phenoxy) is 1. The Morgan fingerprint density at radius 1 is 1.41 bits per heavy atom. The topological polar surface area (TPSA) is 66.8 Å². The van der Waals surface area contributed by atoms with E-state index in [9.17, 15) is 19.1 Å². The smallest absolute Gasteiger partial charge is 0.410 e. The number of benzene rings is 1. The molecule has 1 amide bonds. The molecule has 7 heteroatoms. The number of likely N-dealkylation sites (N-methyl/N-ethyl adjacent to an activating group) is 1. The summed E-state index contributed by atoms with van der Waals surface area (Å²) in [6.45, 7) is 5.03. The summed E-state index contributed by atoms with van der Waals surface area (Å²) in [6, 6.07) is 3.68. The summed E-state index contributed by atoms with van der Waals surface area (Å²) in [7, 11) is 1.44. The lowest BCUT2D eigenvalue weighted by molar-refractivity contribution is -0.139. The number of carboxylic acid groups (broad SMARTS) is 1. The van der Waals surface area contributed by atoms with Gasteiger partial charge in [0.1, 0.15) is 11.4 Å². The van der Waals surface area contributed by atoms with Crippen molar-refractivity contribution in [3.63, 3.8) is 0 Å². The summed E-state index contributed by atoms with van der Waals surface area (Å²) in [5, 5.41) is 9.17. The molecule has 0 radical (unpaired) electrons. The molecule has 0 saturated heterocycles. The van der Waals surface area contributed by atoms with Gasteiger partial charge in [0, 0.05) is 13.6 Å². The maximum atomic E-state index is 13.2. The number of rotatable bonds is 4. The molecular weight excluding hydrogens is 313 g/mol. The van der Waals surface area contributed by atoms with Crippen molar-refractivity contribution in [1.82, 2.24) is 4.90 Å². The van der Waals surface area contributed by atoms with E-state index in [0.29, 0.717) is 5.56 Å². The molecule has 0 heterocycles. The average Bonchev–Trinajstić information content (AvgIpc) is 2.36. The van der Waals surface area contributed by atoms with E-state index in [2.05, 4.69) is 0 Å². The number of aliphatic carboxylic acids is 1. The number of carbonyl (C=O) groups is 2. The molecule has 0 aliphatic rings. The van der Waals surface area contributed by atoms with E-state index in [4.69, 9.17) is 16.3 Å². The summed E-state index contributed by atoms with van der Waals surface area (Å²) in [4.78, 5) is 24.5. The molecule has 1 atom stereocenters. The largest absolute Gasteiger partial charge is 0.481 e. The summed E-state index contributed by atoms with van der Waals surface area (Å²) < 4.78 is 18.3. The van der Waals surface area contributed by atoms with Gasteiger partial charge < -0.3 is 14.7 Å². The van der Waals surface area contributed by atoms with Crippen LogP contribution >= 0.6 is 11.6 Å². The third-order valence-corrected chi connectivity index (χ3v) is 3.10. The number of carbonyl (C=O) groups excluding carboxylic acids is 1. The Morgan fingerprint density at radius 3 is 2.45 bits per heavy atom. The van der Waals surface area contributed by atoms with Crippen LogP contribution < -0.4 is 0 Å². The van der Waals surface area contributed by atoms with Crippen LogP contribution in [-0.2, 0) is 9.53 Å². The van der Waals surface area contributed by atoms with E-state index in [1.54, 1.807) is 20.8 Å². The number of carboxylic acids is 1. The van der Waals surface area contributed by atoms with E-state index >= 15 is 0 Å². The predicted molar refractivity (Wildman–Crippen MR) is 80.7 cm³/mol. The normalized spacial score (nSPS) is 12.6. The van der Waals surface area contributed by atoms with Crippen molar-refractivity contribution in [2.24, 2.45) is 0 Å².